The lowest BCUT2D eigenvalue weighted by Gasteiger charge is -2.07. The van der Waals surface area contributed by atoms with E-state index in [0.717, 1.165) is 0 Å². The van der Waals surface area contributed by atoms with Crippen LogP contribution in [-0.2, 0) is 0 Å². The van der Waals surface area contributed by atoms with Gasteiger partial charge >= 0.3 is 0 Å². The quantitative estimate of drug-likeness (QED) is 0.879. The van der Waals surface area contributed by atoms with Crippen molar-refractivity contribution in [2.45, 2.75) is 0 Å². The molecule has 0 aliphatic rings. The van der Waals surface area contributed by atoms with Crippen molar-refractivity contribution in [3.05, 3.63) is 65.7 Å². The van der Waals surface area contributed by atoms with Crippen molar-refractivity contribution < 1.29 is 14.7 Å². The number of aromatic carboxylic acids is 1. The van der Waals surface area contributed by atoms with E-state index >= 15 is 0 Å². The minimum Gasteiger partial charge on any atom is -0.545 e. The second-order valence-electron chi connectivity index (χ2n) is 3.69. The first-order chi connectivity index (χ1) is 8.66. The predicted molar refractivity (Wildman–Crippen MR) is 65.2 cm³/mol. The molecule has 2 rings (SSSR count). The van der Waals surface area contributed by atoms with Gasteiger partial charge in [0.15, 0.2) is 0 Å². The van der Waals surface area contributed by atoms with Gasteiger partial charge in [-0.1, -0.05) is 30.3 Å². The lowest BCUT2D eigenvalue weighted by molar-refractivity contribution is -0.255. The summed E-state index contributed by atoms with van der Waals surface area (Å²) >= 11 is 0. The van der Waals surface area contributed by atoms with Gasteiger partial charge in [-0.05, 0) is 29.8 Å². The highest BCUT2D eigenvalue weighted by Crippen LogP contribution is 2.11. The van der Waals surface area contributed by atoms with Crippen molar-refractivity contribution in [1.29, 1.82) is 0 Å². The van der Waals surface area contributed by atoms with Crippen LogP contribution in [0, 0.1) is 0 Å². The monoisotopic (exact) mass is 240 g/mol. The van der Waals surface area contributed by atoms with E-state index in [-0.39, 0.29) is 11.5 Å². The molecule has 0 saturated heterocycles. The van der Waals surface area contributed by atoms with Gasteiger partial charge in [-0.3, -0.25) is 4.79 Å². The summed E-state index contributed by atoms with van der Waals surface area (Å²) in [7, 11) is 0. The van der Waals surface area contributed by atoms with Crippen molar-refractivity contribution in [2.24, 2.45) is 0 Å². The zero-order chi connectivity index (χ0) is 13.0. The zero-order valence-electron chi connectivity index (χ0n) is 9.42. The van der Waals surface area contributed by atoms with E-state index in [0.29, 0.717) is 11.3 Å². The van der Waals surface area contributed by atoms with Crippen molar-refractivity contribution in [1.82, 2.24) is 0 Å². The maximum absolute atomic E-state index is 11.8. The van der Waals surface area contributed by atoms with Gasteiger partial charge in [0.05, 0.1) is 5.97 Å². The van der Waals surface area contributed by atoms with Gasteiger partial charge in [0.25, 0.3) is 5.91 Å². The number of rotatable bonds is 3. The van der Waals surface area contributed by atoms with Crippen LogP contribution in [-0.4, -0.2) is 11.9 Å². The smallest absolute Gasteiger partial charge is 0.255 e. The number of hydrogen-bond donors (Lipinski definition) is 1. The third-order valence-corrected chi connectivity index (χ3v) is 2.39. The number of hydrogen-bond acceptors (Lipinski definition) is 3. The summed E-state index contributed by atoms with van der Waals surface area (Å²) in [4.78, 5) is 22.5. The third-order valence-electron chi connectivity index (χ3n) is 2.39. The summed E-state index contributed by atoms with van der Waals surface area (Å²) in [5, 5.41) is 13.3. The highest BCUT2D eigenvalue weighted by molar-refractivity contribution is 6.04. The standard InChI is InChI=1S/C14H11NO3/c16-13(10-5-2-1-3-6-10)15-12-8-4-7-11(9-12)14(17)18/h1-9H,(H,15,16)(H,17,18)/p-1. The summed E-state index contributed by atoms with van der Waals surface area (Å²) in [6.45, 7) is 0. The van der Waals surface area contributed by atoms with E-state index in [2.05, 4.69) is 5.32 Å². The molecule has 18 heavy (non-hydrogen) atoms. The van der Waals surface area contributed by atoms with Crippen LogP contribution in [0.5, 0.6) is 0 Å². The fourth-order valence-corrected chi connectivity index (χ4v) is 1.52. The molecule has 2 aromatic rings. The molecule has 90 valence electrons. The maximum Gasteiger partial charge on any atom is 0.255 e. The van der Waals surface area contributed by atoms with Crippen molar-refractivity contribution >= 4 is 17.6 Å². The molecule has 0 aliphatic heterocycles. The Hall–Kier alpha value is -2.62. The summed E-state index contributed by atoms with van der Waals surface area (Å²) in [5.41, 5.74) is 0.961. The highest BCUT2D eigenvalue weighted by Gasteiger charge is 2.05. The molecule has 0 spiro atoms. The Morgan fingerprint density at radius 1 is 0.889 bits per heavy atom. The van der Waals surface area contributed by atoms with Crippen LogP contribution >= 0.6 is 0 Å². The van der Waals surface area contributed by atoms with Gasteiger partial charge in [-0.15, -0.1) is 0 Å². The van der Waals surface area contributed by atoms with Crippen LogP contribution in [0.2, 0.25) is 0 Å². The van der Waals surface area contributed by atoms with Crippen LogP contribution in [0.3, 0.4) is 0 Å². The summed E-state index contributed by atoms with van der Waals surface area (Å²) < 4.78 is 0. The Balaban J connectivity index is 2.17. The predicted octanol–water partition coefficient (Wildman–Crippen LogP) is 1.30. The number of amides is 1. The minimum absolute atomic E-state index is 0.0286. The molecule has 0 fully saturated rings. The summed E-state index contributed by atoms with van der Waals surface area (Å²) in [5.74, 6) is -1.56. The van der Waals surface area contributed by atoms with Crippen LogP contribution in [0.4, 0.5) is 5.69 Å². The minimum atomic E-state index is -1.27. The van der Waals surface area contributed by atoms with E-state index in [4.69, 9.17) is 0 Å². The van der Waals surface area contributed by atoms with E-state index in [1.807, 2.05) is 6.07 Å². The lowest BCUT2D eigenvalue weighted by atomic mass is 10.2. The van der Waals surface area contributed by atoms with Gasteiger partial charge in [0, 0.05) is 11.3 Å². The van der Waals surface area contributed by atoms with Crippen LogP contribution in [0.1, 0.15) is 20.7 Å². The molecule has 0 atom stereocenters. The van der Waals surface area contributed by atoms with Crippen LogP contribution in [0.25, 0.3) is 0 Å². The Kier molecular flexibility index (Phi) is 3.38. The molecule has 1 N–H and O–H groups in total. The van der Waals surface area contributed by atoms with Crippen molar-refractivity contribution in [3.63, 3.8) is 0 Å². The van der Waals surface area contributed by atoms with Gasteiger partial charge in [0.2, 0.25) is 0 Å². The molecule has 0 heterocycles. The summed E-state index contributed by atoms with van der Waals surface area (Å²) in [6.07, 6.45) is 0. The SMILES string of the molecule is O=C([O-])c1cccc(NC(=O)c2ccccc2)c1. The number of anilines is 1. The Bertz CT molecular complexity index is 579. The molecule has 2 aromatic carbocycles. The van der Waals surface area contributed by atoms with Crippen LogP contribution in [0.15, 0.2) is 54.6 Å². The van der Waals surface area contributed by atoms with Gasteiger partial charge in [-0.2, -0.15) is 0 Å². The average molecular weight is 240 g/mol. The maximum atomic E-state index is 11.8. The third kappa shape index (κ3) is 2.74. The van der Waals surface area contributed by atoms with Gasteiger partial charge < -0.3 is 15.2 Å². The number of carbonyl (C=O) groups is 2. The largest absolute Gasteiger partial charge is 0.545 e. The first kappa shape index (κ1) is 11.9. The first-order valence-corrected chi connectivity index (χ1v) is 5.34. The molecule has 0 bridgehead atoms. The number of benzene rings is 2. The Morgan fingerprint density at radius 3 is 2.22 bits per heavy atom. The van der Waals surface area contributed by atoms with E-state index in [1.165, 1.54) is 12.1 Å². The molecule has 0 aromatic heterocycles. The Labute approximate surface area is 104 Å². The zero-order valence-corrected chi connectivity index (χ0v) is 9.42. The van der Waals surface area contributed by atoms with E-state index in [1.54, 1.807) is 36.4 Å². The second kappa shape index (κ2) is 5.14. The highest BCUT2D eigenvalue weighted by atomic mass is 16.4. The number of carbonyl (C=O) groups excluding carboxylic acids is 2. The lowest BCUT2D eigenvalue weighted by Crippen LogP contribution is -2.22. The van der Waals surface area contributed by atoms with Crippen molar-refractivity contribution in [2.75, 3.05) is 5.32 Å². The Morgan fingerprint density at radius 2 is 1.56 bits per heavy atom. The fourth-order valence-electron chi connectivity index (χ4n) is 1.52. The second-order valence-corrected chi connectivity index (χ2v) is 3.69. The number of carboxylic acids is 1. The summed E-state index contributed by atoms with van der Waals surface area (Å²) in [6, 6.07) is 14.6. The normalized spacial score (nSPS) is 9.78. The topological polar surface area (TPSA) is 69.2 Å². The fraction of sp³-hybridized carbons (Fsp3) is 0. The van der Waals surface area contributed by atoms with Gasteiger partial charge in [-0.25, -0.2) is 0 Å². The first-order valence-electron chi connectivity index (χ1n) is 5.34. The molecular formula is C14H10NO3-. The van der Waals surface area contributed by atoms with Gasteiger partial charge in [0.1, 0.15) is 0 Å². The van der Waals surface area contributed by atoms with Crippen molar-refractivity contribution in [3.8, 4) is 0 Å². The van der Waals surface area contributed by atoms with Crippen LogP contribution < -0.4 is 10.4 Å². The molecule has 4 heteroatoms. The molecule has 0 aliphatic carbocycles. The molecule has 0 radical (unpaired) electrons. The number of nitrogens with one attached hydrogen (secondary N) is 1. The molecule has 0 saturated carbocycles. The average Bonchev–Trinajstić information content (AvgIpc) is 2.40. The van der Waals surface area contributed by atoms with E-state index < -0.39 is 5.97 Å². The molecular weight excluding hydrogens is 230 g/mol. The number of carboxylic acid groups (broad SMARTS) is 1. The molecule has 0 unspecified atom stereocenters. The molecule has 1 amide bonds. The molecule has 4 nitrogen and oxygen atoms in total. The van der Waals surface area contributed by atoms with E-state index in [9.17, 15) is 14.7 Å².